The van der Waals surface area contributed by atoms with Crippen molar-refractivity contribution < 1.29 is 0 Å². The van der Waals surface area contributed by atoms with Crippen molar-refractivity contribution in [2.24, 2.45) is 0 Å². The van der Waals surface area contributed by atoms with Gasteiger partial charge in [0, 0.05) is 0 Å². The van der Waals surface area contributed by atoms with E-state index < -0.39 is 0 Å². The van der Waals surface area contributed by atoms with E-state index in [4.69, 9.17) is 0 Å². The van der Waals surface area contributed by atoms with Gasteiger partial charge in [-0.05, 0) is 38.8 Å². The third kappa shape index (κ3) is 4.66. The Balaban J connectivity index is 5.02. The fraction of sp³-hybridized carbons (Fsp3) is 0.286. The van der Waals surface area contributed by atoms with Crippen LogP contribution >= 0.6 is 0 Å². The van der Waals surface area contributed by atoms with E-state index in [1.807, 2.05) is 19.1 Å². The summed E-state index contributed by atoms with van der Waals surface area (Å²) in [5.41, 5.74) is 3.70. The molecule has 0 aliphatic heterocycles. The summed E-state index contributed by atoms with van der Waals surface area (Å²) in [5.74, 6) is 0. The largest absolute Gasteiger partial charge is 0.0988 e. The van der Waals surface area contributed by atoms with Gasteiger partial charge in [0.15, 0.2) is 0 Å². The highest BCUT2D eigenvalue weighted by Gasteiger charge is 1.93. The minimum atomic E-state index is 1.18. The van der Waals surface area contributed by atoms with Crippen molar-refractivity contribution in [1.82, 2.24) is 0 Å². The monoisotopic (exact) mass is 188 g/mol. The maximum absolute atomic E-state index is 3.75. The van der Waals surface area contributed by atoms with Crippen LogP contribution in [-0.2, 0) is 0 Å². The summed E-state index contributed by atoms with van der Waals surface area (Å²) in [6, 6.07) is 0. The zero-order valence-electron chi connectivity index (χ0n) is 9.67. The van der Waals surface area contributed by atoms with E-state index in [9.17, 15) is 0 Å². The molecule has 0 radical (unpaired) electrons. The van der Waals surface area contributed by atoms with Crippen LogP contribution in [0.15, 0.2) is 59.8 Å². The molecular formula is C14H20. The third-order valence-electron chi connectivity index (χ3n) is 2.06. The predicted molar refractivity (Wildman–Crippen MR) is 66.3 cm³/mol. The highest BCUT2D eigenvalue weighted by atomic mass is 14.0. The fourth-order valence-electron chi connectivity index (χ4n) is 0.964. The highest BCUT2D eigenvalue weighted by Crippen LogP contribution is 2.13. The lowest BCUT2D eigenvalue weighted by Crippen LogP contribution is -1.82. The maximum Gasteiger partial charge on any atom is -0.0228 e. The van der Waals surface area contributed by atoms with Crippen LogP contribution in [0, 0.1) is 0 Å². The van der Waals surface area contributed by atoms with Gasteiger partial charge in [0.05, 0.1) is 0 Å². The summed E-state index contributed by atoms with van der Waals surface area (Å²) in [4.78, 5) is 0. The van der Waals surface area contributed by atoms with Crippen LogP contribution in [0.2, 0.25) is 0 Å². The Hall–Kier alpha value is -1.30. The Bertz CT molecular complexity index is 296. The van der Waals surface area contributed by atoms with E-state index in [0.29, 0.717) is 0 Å². The van der Waals surface area contributed by atoms with Crippen LogP contribution in [0.25, 0.3) is 0 Å². The first-order valence-electron chi connectivity index (χ1n) is 4.92. The van der Waals surface area contributed by atoms with Gasteiger partial charge in [0.1, 0.15) is 0 Å². The molecule has 0 saturated carbocycles. The number of rotatable bonds is 4. The summed E-state index contributed by atoms with van der Waals surface area (Å²) in [7, 11) is 0. The molecule has 0 fully saturated rings. The Morgan fingerprint density at radius 1 is 1.14 bits per heavy atom. The van der Waals surface area contributed by atoms with Crippen molar-refractivity contribution in [2.45, 2.75) is 27.7 Å². The first-order chi connectivity index (χ1) is 6.65. The summed E-state index contributed by atoms with van der Waals surface area (Å²) in [5, 5.41) is 0. The van der Waals surface area contributed by atoms with E-state index in [2.05, 4.69) is 51.7 Å². The SMILES string of the molecule is C=C\C(C)=C/C(=C/C=C\C)C(/C)=C\C. The van der Waals surface area contributed by atoms with Crippen molar-refractivity contribution in [1.29, 1.82) is 0 Å². The van der Waals surface area contributed by atoms with Gasteiger partial charge >= 0.3 is 0 Å². The molecule has 0 nitrogen and oxygen atoms in total. The Morgan fingerprint density at radius 3 is 2.21 bits per heavy atom. The first kappa shape index (κ1) is 12.7. The average molecular weight is 188 g/mol. The van der Waals surface area contributed by atoms with Crippen LogP contribution in [0.3, 0.4) is 0 Å². The van der Waals surface area contributed by atoms with Gasteiger partial charge in [-0.3, -0.25) is 0 Å². The van der Waals surface area contributed by atoms with Crippen molar-refractivity contribution in [3.05, 3.63) is 59.8 Å². The highest BCUT2D eigenvalue weighted by molar-refractivity contribution is 5.43. The quantitative estimate of drug-likeness (QED) is 0.566. The zero-order valence-corrected chi connectivity index (χ0v) is 9.67. The molecule has 0 heterocycles. The molecule has 76 valence electrons. The van der Waals surface area contributed by atoms with Crippen LogP contribution in [0.5, 0.6) is 0 Å². The van der Waals surface area contributed by atoms with Gasteiger partial charge in [-0.1, -0.05) is 48.6 Å². The summed E-state index contributed by atoms with van der Waals surface area (Å²) >= 11 is 0. The molecule has 0 atom stereocenters. The first-order valence-corrected chi connectivity index (χ1v) is 4.92. The molecule has 0 aliphatic rings. The standard InChI is InChI=1S/C14H20/c1-6-9-10-14(13(5)8-3)11-12(4)7-2/h6-11H,2H2,1,3-5H3/b9-6-,12-11-,13-8-,14-10-. The maximum atomic E-state index is 3.75. The smallest absolute Gasteiger partial charge is 0.0228 e. The molecule has 0 aromatic heterocycles. The second kappa shape index (κ2) is 7.14. The summed E-state index contributed by atoms with van der Waals surface area (Å²) in [6.45, 7) is 12.0. The van der Waals surface area contributed by atoms with Gasteiger partial charge in [0.2, 0.25) is 0 Å². The molecule has 0 unspecified atom stereocenters. The van der Waals surface area contributed by atoms with Crippen LogP contribution in [-0.4, -0.2) is 0 Å². The van der Waals surface area contributed by atoms with Crippen molar-refractivity contribution in [2.75, 3.05) is 0 Å². The number of hydrogen-bond donors (Lipinski definition) is 0. The lowest BCUT2D eigenvalue weighted by atomic mass is 10.0. The van der Waals surface area contributed by atoms with E-state index in [0.717, 1.165) is 0 Å². The van der Waals surface area contributed by atoms with E-state index in [1.54, 1.807) is 0 Å². The van der Waals surface area contributed by atoms with Crippen LogP contribution < -0.4 is 0 Å². The topological polar surface area (TPSA) is 0 Å². The van der Waals surface area contributed by atoms with Crippen molar-refractivity contribution in [3.63, 3.8) is 0 Å². The predicted octanol–water partition coefficient (Wildman–Crippen LogP) is 4.59. The zero-order chi connectivity index (χ0) is 11.0. The fourth-order valence-corrected chi connectivity index (χ4v) is 0.964. The average Bonchev–Trinajstić information content (AvgIpc) is 2.22. The second-order valence-corrected chi connectivity index (χ2v) is 3.21. The Morgan fingerprint density at radius 2 is 1.79 bits per heavy atom. The third-order valence-corrected chi connectivity index (χ3v) is 2.06. The molecule has 0 heteroatoms. The lowest BCUT2D eigenvalue weighted by molar-refractivity contribution is 1.37. The van der Waals surface area contributed by atoms with Gasteiger partial charge in [-0.15, -0.1) is 0 Å². The molecule has 0 spiro atoms. The lowest BCUT2D eigenvalue weighted by Gasteiger charge is -2.02. The van der Waals surface area contributed by atoms with Gasteiger partial charge in [-0.25, -0.2) is 0 Å². The number of hydrogen-bond acceptors (Lipinski definition) is 0. The van der Waals surface area contributed by atoms with Crippen molar-refractivity contribution >= 4 is 0 Å². The van der Waals surface area contributed by atoms with E-state index in [1.165, 1.54) is 16.7 Å². The van der Waals surface area contributed by atoms with Crippen LogP contribution in [0.1, 0.15) is 27.7 Å². The molecule has 0 amide bonds. The Labute approximate surface area is 88.0 Å². The van der Waals surface area contributed by atoms with E-state index >= 15 is 0 Å². The number of allylic oxidation sites excluding steroid dienone is 9. The minimum Gasteiger partial charge on any atom is -0.0988 e. The molecule has 0 saturated heterocycles. The summed E-state index contributed by atoms with van der Waals surface area (Å²) in [6.07, 6.45) is 12.3. The van der Waals surface area contributed by atoms with Gasteiger partial charge in [-0.2, -0.15) is 0 Å². The minimum absolute atomic E-state index is 1.18. The van der Waals surface area contributed by atoms with Crippen LogP contribution in [0.4, 0.5) is 0 Å². The van der Waals surface area contributed by atoms with E-state index in [-0.39, 0.29) is 0 Å². The molecule has 0 N–H and O–H groups in total. The van der Waals surface area contributed by atoms with Crippen molar-refractivity contribution in [3.8, 4) is 0 Å². The second-order valence-electron chi connectivity index (χ2n) is 3.21. The van der Waals surface area contributed by atoms with Gasteiger partial charge < -0.3 is 0 Å². The molecule has 14 heavy (non-hydrogen) atoms. The van der Waals surface area contributed by atoms with Gasteiger partial charge in [0.25, 0.3) is 0 Å². The molecule has 0 aromatic carbocycles. The Kier molecular flexibility index (Phi) is 6.47. The summed E-state index contributed by atoms with van der Waals surface area (Å²) < 4.78 is 0. The molecule has 0 bridgehead atoms. The molecule has 0 aliphatic carbocycles. The molecule has 0 rings (SSSR count). The molecule has 0 aromatic rings. The normalized spacial score (nSPS) is 15.0. The molecular weight excluding hydrogens is 168 g/mol.